The number of carbonyl (C=O) groups is 1. The number of aryl methyl sites for hydroxylation is 2. The number of halogens is 3. The van der Waals surface area contributed by atoms with Crippen LogP contribution in [0, 0.1) is 20.8 Å². The minimum absolute atomic E-state index is 0.213. The Morgan fingerprint density at radius 3 is 1.95 bits per heavy atom. The smallest absolute Gasteiger partial charge is 0.416 e. The molecule has 1 aromatic carbocycles. The number of benzene rings is 1. The SMILES string of the molecule is Cc1oc(C)c(C(=O)c2ccc(C(F)(F)F)cc2)c1C. The van der Waals surface area contributed by atoms with E-state index in [1.165, 1.54) is 12.1 Å². The van der Waals surface area contributed by atoms with Gasteiger partial charge in [0.25, 0.3) is 0 Å². The summed E-state index contributed by atoms with van der Waals surface area (Å²) in [5.74, 6) is 0.785. The predicted molar refractivity (Wildman–Crippen MR) is 67.8 cm³/mol. The number of rotatable bonds is 2. The molecule has 0 unspecified atom stereocenters. The summed E-state index contributed by atoms with van der Waals surface area (Å²) in [6.07, 6.45) is -4.40. The fraction of sp³-hybridized carbons (Fsp3) is 0.267. The number of furan rings is 1. The van der Waals surface area contributed by atoms with Gasteiger partial charge in [0.1, 0.15) is 11.5 Å². The van der Waals surface area contributed by atoms with E-state index in [0.29, 0.717) is 22.6 Å². The van der Waals surface area contributed by atoms with Crippen LogP contribution in [0.2, 0.25) is 0 Å². The Morgan fingerprint density at radius 2 is 1.55 bits per heavy atom. The summed E-state index contributed by atoms with van der Waals surface area (Å²) in [5.41, 5.74) is 0.575. The van der Waals surface area contributed by atoms with Crippen LogP contribution in [-0.4, -0.2) is 5.78 Å². The van der Waals surface area contributed by atoms with Gasteiger partial charge in [0.15, 0.2) is 5.78 Å². The van der Waals surface area contributed by atoms with Gasteiger partial charge in [-0.1, -0.05) is 12.1 Å². The fourth-order valence-corrected chi connectivity index (χ4v) is 2.08. The third-order valence-corrected chi connectivity index (χ3v) is 3.26. The van der Waals surface area contributed by atoms with Crippen LogP contribution in [0.1, 0.15) is 38.6 Å². The third-order valence-electron chi connectivity index (χ3n) is 3.26. The van der Waals surface area contributed by atoms with Crippen LogP contribution in [0.3, 0.4) is 0 Å². The Morgan fingerprint density at radius 1 is 1.00 bits per heavy atom. The molecule has 0 spiro atoms. The highest BCUT2D eigenvalue weighted by Gasteiger charge is 2.30. The second kappa shape index (κ2) is 4.81. The van der Waals surface area contributed by atoms with Gasteiger partial charge in [0, 0.05) is 11.1 Å². The van der Waals surface area contributed by atoms with E-state index in [-0.39, 0.29) is 11.3 Å². The lowest BCUT2D eigenvalue weighted by atomic mass is 9.99. The topological polar surface area (TPSA) is 30.2 Å². The maximum atomic E-state index is 12.5. The van der Waals surface area contributed by atoms with Crippen LogP contribution >= 0.6 is 0 Å². The summed E-state index contributed by atoms with van der Waals surface area (Å²) in [6, 6.07) is 4.19. The van der Waals surface area contributed by atoms with E-state index in [1.54, 1.807) is 20.8 Å². The molecule has 0 fully saturated rings. The van der Waals surface area contributed by atoms with Crippen LogP contribution in [0.15, 0.2) is 28.7 Å². The Hall–Kier alpha value is -2.04. The Balaban J connectivity index is 2.39. The van der Waals surface area contributed by atoms with E-state index in [4.69, 9.17) is 4.42 Å². The minimum Gasteiger partial charge on any atom is -0.466 e. The van der Waals surface area contributed by atoms with Crippen molar-refractivity contribution in [3.05, 3.63) is 58.0 Å². The lowest BCUT2D eigenvalue weighted by Crippen LogP contribution is -2.07. The second-order valence-electron chi connectivity index (χ2n) is 4.62. The Bertz CT molecular complexity index is 649. The largest absolute Gasteiger partial charge is 0.466 e. The van der Waals surface area contributed by atoms with Gasteiger partial charge in [-0.15, -0.1) is 0 Å². The zero-order valence-electron chi connectivity index (χ0n) is 11.3. The molecule has 0 radical (unpaired) electrons. The average molecular weight is 282 g/mol. The van der Waals surface area contributed by atoms with E-state index in [1.807, 2.05) is 0 Å². The molecule has 20 heavy (non-hydrogen) atoms. The van der Waals surface area contributed by atoms with Gasteiger partial charge < -0.3 is 4.42 Å². The molecule has 0 aliphatic heterocycles. The zero-order valence-corrected chi connectivity index (χ0v) is 11.3. The van der Waals surface area contributed by atoms with Crippen LogP contribution in [0.25, 0.3) is 0 Å². The van der Waals surface area contributed by atoms with Crippen LogP contribution in [0.5, 0.6) is 0 Å². The van der Waals surface area contributed by atoms with Crippen molar-refractivity contribution in [3.8, 4) is 0 Å². The molecule has 0 N–H and O–H groups in total. The molecule has 0 atom stereocenters. The van der Waals surface area contributed by atoms with E-state index < -0.39 is 11.7 Å². The lowest BCUT2D eigenvalue weighted by molar-refractivity contribution is -0.137. The molecule has 1 aromatic heterocycles. The predicted octanol–water partition coefficient (Wildman–Crippen LogP) is 4.45. The van der Waals surface area contributed by atoms with Crippen molar-refractivity contribution >= 4 is 5.78 Å². The Kier molecular flexibility index (Phi) is 3.46. The van der Waals surface area contributed by atoms with E-state index in [0.717, 1.165) is 12.1 Å². The molecule has 2 rings (SSSR count). The number of carbonyl (C=O) groups excluding carboxylic acids is 1. The Labute approximate surface area is 114 Å². The average Bonchev–Trinajstić information content (AvgIpc) is 2.62. The highest BCUT2D eigenvalue weighted by Crippen LogP contribution is 2.30. The zero-order chi connectivity index (χ0) is 15.1. The van der Waals surface area contributed by atoms with Crippen molar-refractivity contribution < 1.29 is 22.4 Å². The molecule has 1 heterocycles. The maximum Gasteiger partial charge on any atom is 0.416 e. The third kappa shape index (κ3) is 2.48. The normalized spacial score (nSPS) is 11.7. The van der Waals surface area contributed by atoms with Gasteiger partial charge in [-0.3, -0.25) is 4.79 Å². The molecule has 2 aromatic rings. The summed E-state index contributed by atoms with van der Waals surface area (Å²) < 4.78 is 42.8. The van der Waals surface area contributed by atoms with E-state index in [9.17, 15) is 18.0 Å². The number of ketones is 1. The lowest BCUT2D eigenvalue weighted by Gasteiger charge is -2.07. The maximum absolute atomic E-state index is 12.5. The summed E-state index contributed by atoms with van der Waals surface area (Å²) >= 11 is 0. The molecule has 0 saturated carbocycles. The van der Waals surface area contributed by atoms with Gasteiger partial charge in [-0.25, -0.2) is 0 Å². The van der Waals surface area contributed by atoms with Crippen molar-refractivity contribution in [2.24, 2.45) is 0 Å². The molecular formula is C15H13F3O2. The van der Waals surface area contributed by atoms with Crippen LogP contribution in [-0.2, 0) is 6.18 Å². The van der Waals surface area contributed by atoms with Crippen molar-refractivity contribution in [1.29, 1.82) is 0 Å². The molecular weight excluding hydrogens is 269 g/mol. The number of hydrogen-bond acceptors (Lipinski definition) is 2. The first kappa shape index (κ1) is 14.4. The van der Waals surface area contributed by atoms with Gasteiger partial charge >= 0.3 is 6.18 Å². The molecule has 0 saturated heterocycles. The summed E-state index contributed by atoms with van der Waals surface area (Å²) in [4.78, 5) is 12.3. The molecule has 0 bridgehead atoms. The number of alkyl halides is 3. The van der Waals surface area contributed by atoms with Crippen molar-refractivity contribution in [2.45, 2.75) is 26.9 Å². The molecule has 0 amide bonds. The summed E-state index contributed by atoms with van der Waals surface area (Å²) in [6.45, 7) is 5.16. The van der Waals surface area contributed by atoms with Gasteiger partial charge in [0.2, 0.25) is 0 Å². The molecule has 2 nitrogen and oxygen atoms in total. The van der Waals surface area contributed by atoms with Gasteiger partial charge in [0.05, 0.1) is 11.1 Å². The van der Waals surface area contributed by atoms with Gasteiger partial charge in [-0.2, -0.15) is 13.2 Å². The summed E-state index contributed by atoms with van der Waals surface area (Å²) in [7, 11) is 0. The second-order valence-corrected chi connectivity index (χ2v) is 4.62. The highest BCUT2D eigenvalue weighted by atomic mass is 19.4. The first-order chi connectivity index (χ1) is 9.21. The minimum atomic E-state index is -4.40. The van der Waals surface area contributed by atoms with E-state index in [2.05, 4.69) is 0 Å². The highest BCUT2D eigenvalue weighted by molar-refractivity contribution is 6.10. The standard InChI is InChI=1S/C15H13F3O2/c1-8-9(2)20-10(3)13(8)14(19)11-4-6-12(7-5-11)15(16,17)18/h4-7H,1-3H3. The van der Waals surface area contributed by atoms with Crippen LogP contribution < -0.4 is 0 Å². The van der Waals surface area contributed by atoms with Gasteiger partial charge in [-0.05, 0) is 32.9 Å². The number of hydrogen-bond donors (Lipinski definition) is 0. The fourth-order valence-electron chi connectivity index (χ4n) is 2.08. The monoisotopic (exact) mass is 282 g/mol. The molecule has 0 aliphatic rings. The van der Waals surface area contributed by atoms with Crippen molar-refractivity contribution in [2.75, 3.05) is 0 Å². The molecule has 0 aliphatic carbocycles. The summed E-state index contributed by atoms with van der Waals surface area (Å²) in [5, 5.41) is 0. The molecule has 5 heteroatoms. The van der Waals surface area contributed by atoms with Crippen molar-refractivity contribution in [3.63, 3.8) is 0 Å². The molecule has 106 valence electrons. The van der Waals surface area contributed by atoms with Crippen LogP contribution in [0.4, 0.5) is 13.2 Å². The quantitative estimate of drug-likeness (QED) is 0.761. The van der Waals surface area contributed by atoms with E-state index >= 15 is 0 Å². The van der Waals surface area contributed by atoms with Crippen molar-refractivity contribution in [1.82, 2.24) is 0 Å². The first-order valence-corrected chi connectivity index (χ1v) is 6.00. The first-order valence-electron chi connectivity index (χ1n) is 6.00.